The molecule has 1 saturated carbocycles. The molecule has 1 aromatic heterocycles. The highest BCUT2D eigenvalue weighted by Crippen LogP contribution is 2.27. The van der Waals surface area contributed by atoms with Crippen molar-refractivity contribution >= 4 is 15.9 Å². The third-order valence-corrected chi connectivity index (χ3v) is 4.67. The zero-order chi connectivity index (χ0) is 14.7. The Kier molecular flexibility index (Phi) is 4.67. The van der Waals surface area contributed by atoms with Crippen LogP contribution < -0.4 is 5.32 Å². The second-order valence-corrected chi connectivity index (χ2v) is 6.20. The van der Waals surface area contributed by atoms with Crippen molar-refractivity contribution in [2.45, 2.75) is 31.8 Å². The number of hydrogen-bond acceptors (Lipinski definition) is 5. The van der Waals surface area contributed by atoms with E-state index in [1.54, 1.807) is 0 Å². The van der Waals surface area contributed by atoms with E-state index in [0.717, 1.165) is 29.3 Å². The lowest BCUT2D eigenvalue weighted by Crippen LogP contribution is -2.33. The van der Waals surface area contributed by atoms with E-state index >= 15 is 0 Å². The van der Waals surface area contributed by atoms with Crippen LogP contribution in [0.3, 0.4) is 0 Å². The zero-order valence-corrected chi connectivity index (χ0v) is 13.2. The molecule has 0 aliphatic heterocycles. The summed E-state index contributed by atoms with van der Waals surface area (Å²) in [6.45, 7) is 0.780. The molecule has 5 nitrogen and oxygen atoms in total. The lowest BCUT2D eigenvalue weighted by atomic mass is 10.1. The summed E-state index contributed by atoms with van der Waals surface area (Å²) in [5.74, 6) is 1.43. The molecule has 0 amide bonds. The summed E-state index contributed by atoms with van der Waals surface area (Å²) >= 11 is 3.48. The van der Waals surface area contributed by atoms with Gasteiger partial charge in [-0.05, 0) is 46.8 Å². The highest BCUT2D eigenvalue weighted by molar-refractivity contribution is 9.10. The van der Waals surface area contributed by atoms with Gasteiger partial charge in [0.25, 0.3) is 0 Å². The van der Waals surface area contributed by atoms with Crippen molar-refractivity contribution in [2.24, 2.45) is 5.92 Å². The maximum Gasteiger partial charge on any atom is 0.248 e. The monoisotopic (exact) mass is 351 g/mol. The van der Waals surface area contributed by atoms with E-state index in [9.17, 15) is 5.11 Å². The SMILES string of the molecule is OCC1CCCC1NCc1nnc(-c2ccccc2Br)o1. The smallest absolute Gasteiger partial charge is 0.248 e. The second-order valence-electron chi connectivity index (χ2n) is 5.34. The molecule has 112 valence electrons. The molecular formula is C15H18BrN3O2. The van der Waals surface area contributed by atoms with Crippen LogP contribution in [0.25, 0.3) is 11.5 Å². The first-order valence-electron chi connectivity index (χ1n) is 7.19. The number of rotatable bonds is 5. The molecule has 2 unspecified atom stereocenters. The zero-order valence-electron chi connectivity index (χ0n) is 11.6. The fraction of sp³-hybridized carbons (Fsp3) is 0.467. The summed E-state index contributed by atoms with van der Waals surface area (Å²) in [7, 11) is 0. The van der Waals surface area contributed by atoms with Crippen LogP contribution in [0.1, 0.15) is 25.2 Å². The topological polar surface area (TPSA) is 71.2 Å². The molecule has 1 aliphatic rings. The number of nitrogens with one attached hydrogen (secondary N) is 1. The van der Waals surface area contributed by atoms with E-state index in [0.29, 0.717) is 30.3 Å². The minimum absolute atomic E-state index is 0.240. The molecule has 1 fully saturated rings. The number of nitrogens with zero attached hydrogens (tertiary/aromatic N) is 2. The van der Waals surface area contributed by atoms with Crippen LogP contribution in [-0.2, 0) is 6.54 Å². The van der Waals surface area contributed by atoms with Gasteiger partial charge in [0, 0.05) is 17.1 Å². The molecule has 3 rings (SSSR count). The van der Waals surface area contributed by atoms with Crippen molar-refractivity contribution in [1.29, 1.82) is 0 Å². The van der Waals surface area contributed by atoms with Crippen molar-refractivity contribution in [2.75, 3.05) is 6.61 Å². The number of aliphatic hydroxyl groups excluding tert-OH is 1. The molecule has 2 N–H and O–H groups in total. The maximum absolute atomic E-state index is 9.32. The van der Waals surface area contributed by atoms with Gasteiger partial charge in [-0.1, -0.05) is 18.6 Å². The molecule has 1 heterocycles. The molecule has 2 aromatic rings. The number of benzene rings is 1. The standard InChI is InChI=1S/C15H18BrN3O2/c16-12-6-2-1-5-11(12)15-19-18-14(21-15)8-17-13-7-3-4-10(13)9-20/h1-2,5-6,10,13,17,20H,3-4,7-9H2. The lowest BCUT2D eigenvalue weighted by molar-refractivity contribution is 0.203. The fourth-order valence-electron chi connectivity index (χ4n) is 2.81. The third kappa shape index (κ3) is 3.33. The van der Waals surface area contributed by atoms with Crippen LogP contribution in [0.15, 0.2) is 33.2 Å². The second kappa shape index (κ2) is 6.68. The molecule has 0 spiro atoms. The average molecular weight is 352 g/mol. The van der Waals surface area contributed by atoms with Gasteiger partial charge in [-0.2, -0.15) is 0 Å². The molecule has 1 aliphatic carbocycles. The van der Waals surface area contributed by atoms with Gasteiger partial charge in [0.2, 0.25) is 11.8 Å². The van der Waals surface area contributed by atoms with Gasteiger partial charge in [0.15, 0.2) is 0 Å². The summed E-state index contributed by atoms with van der Waals surface area (Å²) in [6, 6.07) is 8.11. The Morgan fingerprint density at radius 1 is 1.29 bits per heavy atom. The Balaban J connectivity index is 1.64. The van der Waals surface area contributed by atoms with Gasteiger partial charge in [0.1, 0.15) is 0 Å². The van der Waals surface area contributed by atoms with E-state index in [4.69, 9.17) is 4.42 Å². The maximum atomic E-state index is 9.32. The molecule has 1 aromatic carbocycles. The van der Waals surface area contributed by atoms with Crippen LogP contribution in [-0.4, -0.2) is 28.0 Å². The molecule has 0 radical (unpaired) electrons. The van der Waals surface area contributed by atoms with Gasteiger partial charge >= 0.3 is 0 Å². The van der Waals surface area contributed by atoms with Crippen LogP contribution >= 0.6 is 15.9 Å². The first kappa shape index (κ1) is 14.7. The van der Waals surface area contributed by atoms with Crippen molar-refractivity contribution in [1.82, 2.24) is 15.5 Å². The molecule has 2 atom stereocenters. The first-order chi connectivity index (χ1) is 10.3. The van der Waals surface area contributed by atoms with Gasteiger partial charge in [-0.3, -0.25) is 0 Å². The molecule has 21 heavy (non-hydrogen) atoms. The number of halogens is 1. The Morgan fingerprint density at radius 2 is 2.14 bits per heavy atom. The quantitative estimate of drug-likeness (QED) is 0.866. The molecular weight excluding hydrogens is 334 g/mol. The van der Waals surface area contributed by atoms with E-state index in [-0.39, 0.29) is 6.61 Å². The Bertz CT molecular complexity index is 602. The molecule has 0 bridgehead atoms. The van der Waals surface area contributed by atoms with Crippen molar-refractivity contribution in [3.63, 3.8) is 0 Å². The number of aliphatic hydroxyl groups is 1. The highest BCUT2D eigenvalue weighted by atomic mass is 79.9. The molecule has 6 heteroatoms. The summed E-state index contributed by atoms with van der Waals surface area (Å²) in [6.07, 6.45) is 3.34. The predicted octanol–water partition coefficient (Wildman–Crippen LogP) is 2.75. The van der Waals surface area contributed by atoms with Crippen molar-refractivity contribution in [3.05, 3.63) is 34.6 Å². The summed E-state index contributed by atoms with van der Waals surface area (Å²) < 4.78 is 6.64. The Labute approximate surface area is 131 Å². The van der Waals surface area contributed by atoms with Gasteiger partial charge in [0.05, 0.1) is 12.1 Å². The summed E-state index contributed by atoms with van der Waals surface area (Å²) in [5.41, 5.74) is 0.894. The van der Waals surface area contributed by atoms with Gasteiger partial charge in [-0.25, -0.2) is 0 Å². The first-order valence-corrected chi connectivity index (χ1v) is 7.98. The largest absolute Gasteiger partial charge is 0.419 e. The third-order valence-electron chi connectivity index (χ3n) is 3.98. The minimum atomic E-state index is 0.240. The van der Waals surface area contributed by atoms with E-state index in [1.165, 1.54) is 0 Å². The van der Waals surface area contributed by atoms with E-state index in [2.05, 4.69) is 31.4 Å². The van der Waals surface area contributed by atoms with Gasteiger partial charge < -0.3 is 14.8 Å². The van der Waals surface area contributed by atoms with Gasteiger partial charge in [-0.15, -0.1) is 10.2 Å². The molecule has 0 saturated heterocycles. The Hall–Kier alpha value is -1.24. The van der Waals surface area contributed by atoms with Crippen LogP contribution in [0.4, 0.5) is 0 Å². The minimum Gasteiger partial charge on any atom is -0.419 e. The highest BCUT2D eigenvalue weighted by Gasteiger charge is 2.26. The van der Waals surface area contributed by atoms with Crippen LogP contribution in [0.2, 0.25) is 0 Å². The van der Waals surface area contributed by atoms with Crippen LogP contribution in [0.5, 0.6) is 0 Å². The predicted molar refractivity (Wildman–Crippen MR) is 82.5 cm³/mol. The van der Waals surface area contributed by atoms with Crippen molar-refractivity contribution in [3.8, 4) is 11.5 Å². The lowest BCUT2D eigenvalue weighted by Gasteiger charge is -2.17. The number of hydrogen-bond donors (Lipinski definition) is 2. The van der Waals surface area contributed by atoms with Crippen molar-refractivity contribution < 1.29 is 9.52 Å². The Morgan fingerprint density at radius 3 is 2.95 bits per heavy atom. The van der Waals surface area contributed by atoms with E-state index in [1.807, 2.05) is 24.3 Å². The summed E-state index contributed by atoms with van der Waals surface area (Å²) in [5, 5.41) is 20.9. The summed E-state index contributed by atoms with van der Waals surface area (Å²) in [4.78, 5) is 0. The normalized spacial score (nSPS) is 21.8. The fourth-order valence-corrected chi connectivity index (χ4v) is 3.27. The average Bonchev–Trinajstić information content (AvgIpc) is 3.14. The van der Waals surface area contributed by atoms with Crippen LogP contribution in [0, 0.1) is 5.92 Å². The van der Waals surface area contributed by atoms with E-state index < -0.39 is 0 Å². The number of aromatic nitrogens is 2.